The van der Waals surface area contributed by atoms with Crippen molar-refractivity contribution in [1.82, 2.24) is 0 Å². The van der Waals surface area contributed by atoms with E-state index < -0.39 is 5.97 Å². The minimum absolute atomic E-state index is 0.275. The quantitative estimate of drug-likeness (QED) is 0.315. The molecule has 7 nitrogen and oxygen atoms in total. The number of benzene rings is 3. The van der Waals surface area contributed by atoms with Crippen LogP contribution in [0, 0.1) is 6.92 Å². The number of carbonyl (C=O) groups is 2. The van der Waals surface area contributed by atoms with Gasteiger partial charge in [-0.05, 0) is 68.8 Å². The summed E-state index contributed by atoms with van der Waals surface area (Å²) in [6.45, 7) is 6.83. The van der Waals surface area contributed by atoms with Crippen LogP contribution in [0.2, 0.25) is 0 Å². The van der Waals surface area contributed by atoms with Crippen molar-refractivity contribution in [3.63, 3.8) is 0 Å². The lowest BCUT2D eigenvalue weighted by Crippen LogP contribution is -2.32. The van der Waals surface area contributed by atoms with E-state index in [0.29, 0.717) is 41.8 Å². The lowest BCUT2D eigenvalue weighted by atomic mass is 10.1. The molecule has 1 aliphatic rings. The third kappa shape index (κ3) is 5.15. The van der Waals surface area contributed by atoms with Crippen LogP contribution >= 0.6 is 0 Å². The molecule has 0 saturated carbocycles. The second kappa shape index (κ2) is 10.9. The summed E-state index contributed by atoms with van der Waals surface area (Å²) >= 11 is 0. The van der Waals surface area contributed by atoms with Crippen LogP contribution in [-0.2, 0) is 9.53 Å². The molecule has 3 aromatic rings. The molecule has 1 aliphatic heterocycles. The number of hydrogen-bond acceptors (Lipinski definition) is 6. The number of nitrogens with zero attached hydrogens (tertiary/aromatic N) is 2. The Balaban J connectivity index is 1.76. The van der Waals surface area contributed by atoms with Gasteiger partial charge in [-0.3, -0.25) is 9.69 Å². The summed E-state index contributed by atoms with van der Waals surface area (Å²) in [7, 11) is 1.33. The largest absolute Gasteiger partial charge is 0.490 e. The highest BCUT2D eigenvalue weighted by atomic mass is 16.5. The Kier molecular flexibility index (Phi) is 7.49. The number of aliphatic imine (C=N–C) groups is 1. The molecule has 3 aromatic carbocycles. The molecule has 0 aromatic heterocycles. The summed E-state index contributed by atoms with van der Waals surface area (Å²) in [6, 6.07) is 20.0. The third-order valence-electron chi connectivity index (χ3n) is 5.59. The zero-order valence-corrected chi connectivity index (χ0v) is 20.8. The van der Waals surface area contributed by atoms with E-state index in [4.69, 9.17) is 19.2 Å². The lowest BCUT2D eigenvalue weighted by Gasteiger charge is -2.19. The first kappa shape index (κ1) is 24.7. The van der Waals surface area contributed by atoms with E-state index in [1.807, 2.05) is 63.2 Å². The summed E-state index contributed by atoms with van der Waals surface area (Å²) in [5, 5.41) is 0. The Bertz CT molecular complexity index is 1320. The summed E-state index contributed by atoms with van der Waals surface area (Å²) in [4.78, 5) is 31.8. The van der Waals surface area contributed by atoms with Gasteiger partial charge in [0.1, 0.15) is 11.5 Å². The maximum Gasteiger partial charge on any atom is 0.337 e. The second-order valence-corrected chi connectivity index (χ2v) is 8.08. The van der Waals surface area contributed by atoms with Gasteiger partial charge in [0.25, 0.3) is 5.91 Å². The number of hydrogen-bond donors (Lipinski definition) is 0. The maximum absolute atomic E-state index is 13.6. The number of methoxy groups -OCH3 is 1. The molecular weight excluding hydrogens is 456 g/mol. The first-order valence-corrected chi connectivity index (χ1v) is 11.7. The van der Waals surface area contributed by atoms with Gasteiger partial charge in [0.05, 0.1) is 31.6 Å². The van der Waals surface area contributed by atoms with Gasteiger partial charge < -0.3 is 14.2 Å². The Labute approximate surface area is 210 Å². The lowest BCUT2D eigenvalue weighted by molar-refractivity contribution is -0.113. The molecule has 0 fully saturated rings. The number of esters is 1. The fourth-order valence-electron chi connectivity index (χ4n) is 3.83. The van der Waals surface area contributed by atoms with Gasteiger partial charge in [-0.25, -0.2) is 9.79 Å². The first-order chi connectivity index (χ1) is 17.4. The van der Waals surface area contributed by atoms with Crippen molar-refractivity contribution in [2.75, 3.05) is 25.2 Å². The summed E-state index contributed by atoms with van der Waals surface area (Å²) in [5.74, 6) is 1.05. The minimum atomic E-state index is -0.442. The highest BCUT2D eigenvalue weighted by Crippen LogP contribution is 2.32. The molecule has 4 rings (SSSR count). The van der Waals surface area contributed by atoms with E-state index in [2.05, 4.69) is 0 Å². The molecule has 36 heavy (non-hydrogen) atoms. The Morgan fingerprint density at radius 1 is 0.917 bits per heavy atom. The van der Waals surface area contributed by atoms with Crippen molar-refractivity contribution < 1.29 is 23.8 Å². The first-order valence-electron chi connectivity index (χ1n) is 11.7. The molecule has 0 unspecified atom stereocenters. The van der Waals surface area contributed by atoms with Crippen molar-refractivity contribution >= 4 is 29.5 Å². The molecule has 0 atom stereocenters. The number of carbonyl (C=O) groups excluding carboxylic acids is 2. The molecule has 184 valence electrons. The third-order valence-corrected chi connectivity index (χ3v) is 5.59. The number of amides is 1. The number of amidine groups is 1. The average molecular weight is 485 g/mol. The molecule has 0 N–H and O–H groups in total. The normalized spacial score (nSPS) is 14.1. The second-order valence-electron chi connectivity index (χ2n) is 8.08. The SMILES string of the molecule is CCOc1ccc(C=C2N=C(c3ccc(C)cc3)N(c3ccc(C(=O)OC)cc3)C2=O)cc1OCC. The molecule has 1 amide bonds. The Morgan fingerprint density at radius 2 is 1.58 bits per heavy atom. The number of ether oxygens (including phenoxy) is 3. The fraction of sp³-hybridized carbons (Fsp3) is 0.207. The summed E-state index contributed by atoms with van der Waals surface area (Å²) in [6.07, 6.45) is 1.73. The van der Waals surface area contributed by atoms with Crippen LogP contribution in [-0.4, -0.2) is 38.0 Å². The van der Waals surface area contributed by atoms with Gasteiger partial charge >= 0.3 is 5.97 Å². The zero-order valence-electron chi connectivity index (χ0n) is 20.8. The highest BCUT2D eigenvalue weighted by Gasteiger charge is 2.32. The van der Waals surface area contributed by atoms with Crippen LogP contribution in [0.3, 0.4) is 0 Å². The Morgan fingerprint density at radius 3 is 2.22 bits per heavy atom. The van der Waals surface area contributed by atoms with Crippen molar-refractivity contribution in [2.24, 2.45) is 4.99 Å². The molecule has 7 heteroatoms. The van der Waals surface area contributed by atoms with Gasteiger partial charge in [-0.2, -0.15) is 0 Å². The van der Waals surface area contributed by atoms with Crippen LogP contribution < -0.4 is 14.4 Å². The van der Waals surface area contributed by atoms with Crippen molar-refractivity contribution in [3.8, 4) is 11.5 Å². The smallest absolute Gasteiger partial charge is 0.337 e. The van der Waals surface area contributed by atoms with Gasteiger partial charge in [-0.1, -0.05) is 35.9 Å². The average Bonchev–Trinajstić information content (AvgIpc) is 3.21. The predicted molar refractivity (Wildman–Crippen MR) is 140 cm³/mol. The summed E-state index contributed by atoms with van der Waals surface area (Å²) in [5.41, 5.74) is 3.95. The number of anilines is 1. The van der Waals surface area contributed by atoms with Crippen molar-refractivity contribution in [1.29, 1.82) is 0 Å². The van der Waals surface area contributed by atoms with E-state index in [-0.39, 0.29) is 11.6 Å². The van der Waals surface area contributed by atoms with E-state index in [0.717, 1.165) is 16.7 Å². The molecule has 0 radical (unpaired) electrons. The standard InChI is InChI=1S/C29H28N2O5/c1-5-35-25-16-9-20(18-26(25)36-6-2)17-24-28(32)31(23-14-12-22(13-15-23)29(33)34-4)27(30-24)21-10-7-19(3)8-11-21/h7-18H,5-6H2,1-4H3. The fourth-order valence-corrected chi connectivity index (χ4v) is 3.83. The van der Waals surface area contributed by atoms with E-state index in [1.54, 1.807) is 35.2 Å². The molecule has 1 heterocycles. The van der Waals surface area contributed by atoms with Gasteiger partial charge in [0.15, 0.2) is 11.5 Å². The topological polar surface area (TPSA) is 77.4 Å². The van der Waals surface area contributed by atoms with Crippen LogP contribution in [0.25, 0.3) is 6.08 Å². The molecular formula is C29H28N2O5. The van der Waals surface area contributed by atoms with E-state index in [9.17, 15) is 9.59 Å². The van der Waals surface area contributed by atoms with Crippen molar-refractivity contribution in [3.05, 3.63) is 94.7 Å². The van der Waals surface area contributed by atoms with Gasteiger partial charge in [0, 0.05) is 5.56 Å². The molecule has 0 bridgehead atoms. The Hall–Kier alpha value is -4.39. The van der Waals surface area contributed by atoms with Crippen LogP contribution in [0.1, 0.15) is 40.9 Å². The van der Waals surface area contributed by atoms with Crippen LogP contribution in [0.5, 0.6) is 11.5 Å². The van der Waals surface area contributed by atoms with E-state index in [1.165, 1.54) is 7.11 Å². The highest BCUT2D eigenvalue weighted by molar-refractivity contribution is 6.33. The van der Waals surface area contributed by atoms with Gasteiger partial charge in [0.2, 0.25) is 0 Å². The zero-order chi connectivity index (χ0) is 25.7. The number of rotatable bonds is 8. The molecule has 0 aliphatic carbocycles. The van der Waals surface area contributed by atoms with Crippen LogP contribution in [0.4, 0.5) is 5.69 Å². The van der Waals surface area contributed by atoms with Gasteiger partial charge in [-0.15, -0.1) is 0 Å². The minimum Gasteiger partial charge on any atom is -0.490 e. The van der Waals surface area contributed by atoms with Crippen LogP contribution in [0.15, 0.2) is 77.4 Å². The predicted octanol–water partition coefficient (Wildman–Crippen LogP) is 5.41. The number of aryl methyl sites for hydroxylation is 1. The van der Waals surface area contributed by atoms with Crippen molar-refractivity contribution in [2.45, 2.75) is 20.8 Å². The molecule has 0 saturated heterocycles. The monoisotopic (exact) mass is 484 g/mol. The summed E-state index contributed by atoms with van der Waals surface area (Å²) < 4.78 is 16.2. The van der Waals surface area contributed by atoms with E-state index >= 15 is 0 Å². The molecule has 0 spiro atoms. The maximum atomic E-state index is 13.6.